The molecule has 0 aromatic carbocycles. The number of aliphatic imine (C=N–C) groups is 1. The second-order valence-corrected chi connectivity index (χ2v) is 6.67. The number of thioether (sulfide) groups is 1. The first-order valence-corrected chi connectivity index (χ1v) is 7.25. The van der Waals surface area contributed by atoms with Gasteiger partial charge in [0.05, 0.1) is 12.7 Å². The molecule has 2 aliphatic rings. The summed E-state index contributed by atoms with van der Waals surface area (Å²) in [6, 6.07) is 0. The first kappa shape index (κ1) is 13.2. The van der Waals surface area contributed by atoms with Crippen molar-refractivity contribution in [2.45, 2.75) is 20.0 Å². The summed E-state index contributed by atoms with van der Waals surface area (Å²) in [4.78, 5) is 6.90. The van der Waals surface area contributed by atoms with Gasteiger partial charge in [0.25, 0.3) is 0 Å². The highest BCUT2D eigenvalue weighted by molar-refractivity contribution is 8.13. The zero-order valence-corrected chi connectivity index (χ0v) is 11.8. The average molecular weight is 257 g/mol. The Morgan fingerprint density at radius 1 is 1.59 bits per heavy atom. The molecule has 0 aliphatic carbocycles. The number of nitrogens with zero attached hydrogens (tertiary/aromatic N) is 2. The lowest BCUT2D eigenvalue weighted by molar-refractivity contribution is -0.0159. The van der Waals surface area contributed by atoms with E-state index in [4.69, 9.17) is 4.74 Å². The van der Waals surface area contributed by atoms with Crippen LogP contribution >= 0.6 is 11.8 Å². The number of rotatable bonds is 2. The lowest BCUT2D eigenvalue weighted by atomic mass is 9.97. The van der Waals surface area contributed by atoms with Crippen molar-refractivity contribution in [2.75, 3.05) is 45.6 Å². The number of morpholine rings is 1. The van der Waals surface area contributed by atoms with Crippen LogP contribution in [-0.2, 0) is 4.74 Å². The van der Waals surface area contributed by atoms with E-state index < -0.39 is 0 Å². The van der Waals surface area contributed by atoms with Crippen LogP contribution in [0.1, 0.15) is 13.8 Å². The van der Waals surface area contributed by atoms with Crippen molar-refractivity contribution in [1.29, 1.82) is 0 Å². The van der Waals surface area contributed by atoms with Gasteiger partial charge in [0.1, 0.15) is 0 Å². The fourth-order valence-corrected chi connectivity index (χ4v) is 2.90. The van der Waals surface area contributed by atoms with Crippen molar-refractivity contribution < 1.29 is 4.74 Å². The molecule has 1 N–H and O–H groups in total. The minimum atomic E-state index is 0.298. The molecule has 0 amide bonds. The normalized spacial score (nSPS) is 29.8. The van der Waals surface area contributed by atoms with Crippen LogP contribution in [-0.4, -0.2) is 61.8 Å². The monoisotopic (exact) mass is 257 g/mol. The molecule has 98 valence electrons. The van der Waals surface area contributed by atoms with Crippen molar-refractivity contribution in [3.8, 4) is 0 Å². The molecule has 2 heterocycles. The number of nitrogens with one attached hydrogen (secondary N) is 1. The molecule has 0 aromatic heterocycles. The molecule has 2 rings (SSSR count). The summed E-state index contributed by atoms with van der Waals surface area (Å²) >= 11 is 1.83. The maximum absolute atomic E-state index is 5.71. The predicted molar refractivity (Wildman–Crippen MR) is 73.8 cm³/mol. The Morgan fingerprint density at radius 3 is 3.06 bits per heavy atom. The van der Waals surface area contributed by atoms with Gasteiger partial charge in [-0.15, -0.1) is 0 Å². The van der Waals surface area contributed by atoms with Gasteiger partial charge >= 0.3 is 0 Å². The summed E-state index contributed by atoms with van der Waals surface area (Å²) in [7, 11) is 2.14. The molecule has 0 spiro atoms. The van der Waals surface area contributed by atoms with Crippen LogP contribution in [0.15, 0.2) is 4.99 Å². The van der Waals surface area contributed by atoms with Crippen molar-refractivity contribution >= 4 is 16.9 Å². The van der Waals surface area contributed by atoms with Crippen LogP contribution in [0.4, 0.5) is 0 Å². The topological polar surface area (TPSA) is 36.9 Å². The van der Waals surface area contributed by atoms with Gasteiger partial charge in [-0.1, -0.05) is 25.6 Å². The second-order valence-electron chi connectivity index (χ2n) is 5.71. The largest absolute Gasteiger partial charge is 0.374 e. The Kier molecular flexibility index (Phi) is 4.33. The fourth-order valence-electron chi connectivity index (χ4n) is 1.94. The zero-order valence-electron chi connectivity index (χ0n) is 11.0. The van der Waals surface area contributed by atoms with E-state index in [1.165, 1.54) is 0 Å². The maximum atomic E-state index is 5.71. The Hall–Kier alpha value is -0.260. The molecule has 0 aromatic rings. The van der Waals surface area contributed by atoms with E-state index in [-0.39, 0.29) is 0 Å². The van der Waals surface area contributed by atoms with E-state index in [0.29, 0.717) is 11.5 Å². The number of hydrogen-bond donors (Lipinski definition) is 1. The summed E-state index contributed by atoms with van der Waals surface area (Å²) < 4.78 is 5.71. The van der Waals surface area contributed by atoms with Gasteiger partial charge in [-0.3, -0.25) is 4.99 Å². The third kappa shape index (κ3) is 4.16. The number of likely N-dealkylation sites (N-methyl/N-ethyl adjacent to an activating group) is 1. The van der Waals surface area contributed by atoms with Crippen molar-refractivity contribution in [3.05, 3.63) is 0 Å². The first-order chi connectivity index (χ1) is 8.05. The Morgan fingerprint density at radius 2 is 2.41 bits per heavy atom. The molecule has 0 saturated carbocycles. The summed E-state index contributed by atoms with van der Waals surface area (Å²) in [6.45, 7) is 9.22. The van der Waals surface area contributed by atoms with Crippen LogP contribution in [0.25, 0.3) is 0 Å². The molecule has 1 atom stereocenters. The van der Waals surface area contributed by atoms with E-state index in [1.807, 2.05) is 11.8 Å². The van der Waals surface area contributed by atoms with E-state index in [0.717, 1.165) is 43.7 Å². The summed E-state index contributed by atoms with van der Waals surface area (Å²) in [5.74, 6) is 1.14. The molecule has 0 radical (unpaired) electrons. The number of ether oxygens (including phenoxy) is 1. The molecule has 2 aliphatic heterocycles. The van der Waals surface area contributed by atoms with Gasteiger partial charge in [0.15, 0.2) is 5.17 Å². The van der Waals surface area contributed by atoms with Gasteiger partial charge in [0, 0.05) is 31.9 Å². The van der Waals surface area contributed by atoms with Crippen molar-refractivity contribution in [3.63, 3.8) is 0 Å². The molecule has 17 heavy (non-hydrogen) atoms. The lowest BCUT2D eigenvalue weighted by Gasteiger charge is -2.31. The predicted octanol–water partition coefficient (Wildman–Crippen LogP) is 1.04. The van der Waals surface area contributed by atoms with Gasteiger partial charge < -0.3 is 15.0 Å². The second kappa shape index (κ2) is 5.59. The van der Waals surface area contributed by atoms with Gasteiger partial charge in [0.2, 0.25) is 0 Å². The maximum Gasteiger partial charge on any atom is 0.156 e. The SMILES string of the molecule is CN1CCOC(CNC2=NCC(C)(C)CS2)C1. The quantitative estimate of drug-likeness (QED) is 0.802. The van der Waals surface area contributed by atoms with E-state index in [2.05, 4.69) is 36.1 Å². The molecular formula is C12H23N3OS. The van der Waals surface area contributed by atoms with E-state index in [1.54, 1.807) is 0 Å². The number of hydrogen-bond acceptors (Lipinski definition) is 5. The van der Waals surface area contributed by atoms with Crippen LogP contribution in [0.3, 0.4) is 0 Å². The Labute approximate surface area is 108 Å². The first-order valence-electron chi connectivity index (χ1n) is 6.26. The molecule has 0 bridgehead atoms. The van der Waals surface area contributed by atoms with Crippen molar-refractivity contribution in [2.24, 2.45) is 10.4 Å². The minimum Gasteiger partial charge on any atom is -0.374 e. The Bertz CT molecular complexity index is 293. The summed E-state index contributed by atoms with van der Waals surface area (Å²) in [6.07, 6.45) is 0.298. The highest BCUT2D eigenvalue weighted by atomic mass is 32.2. The zero-order chi connectivity index (χ0) is 12.3. The molecule has 4 nitrogen and oxygen atoms in total. The Balaban J connectivity index is 1.73. The third-order valence-corrected chi connectivity index (χ3v) is 4.55. The average Bonchev–Trinajstić information content (AvgIpc) is 2.28. The smallest absolute Gasteiger partial charge is 0.156 e. The van der Waals surface area contributed by atoms with Crippen LogP contribution in [0, 0.1) is 5.41 Å². The minimum absolute atomic E-state index is 0.298. The molecule has 1 unspecified atom stereocenters. The van der Waals surface area contributed by atoms with Gasteiger partial charge in [-0.05, 0) is 12.5 Å². The van der Waals surface area contributed by atoms with Crippen LogP contribution in [0.2, 0.25) is 0 Å². The number of amidine groups is 1. The highest BCUT2D eigenvalue weighted by Crippen LogP contribution is 2.26. The highest BCUT2D eigenvalue weighted by Gasteiger charge is 2.24. The third-order valence-electron chi connectivity index (χ3n) is 3.07. The lowest BCUT2D eigenvalue weighted by Crippen LogP contribution is -2.46. The van der Waals surface area contributed by atoms with E-state index in [9.17, 15) is 0 Å². The van der Waals surface area contributed by atoms with Gasteiger partial charge in [-0.2, -0.15) is 0 Å². The van der Waals surface area contributed by atoms with Crippen LogP contribution in [0.5, 0.6) is 0 Å². The van der Waals surface area contributed by atoms with Gasteiger partial charge in [-0.25, -0.2) is 0 Å². The molecule has 1 fully saturated rings. The summed E-state index contributed by atoms with van der Waals surface area (Å²) in [5, 5.41) is 4.50. The summed E-state index contributed by atoms with van der Waals surface area (Å²) in [5.41, 5.74) is 0.345. The fraction of sp³-hybridized carbons (Fsp3) is 0.917. The van der Waals surface area contributed by atoms with Crippen LogP contribution < -0.4 is 5.32 Å². The standard InChI is InChI=1S/C12H23N3OS/c1-12(2)8-14-11(17-9-12)13-6-10-7-15(3)4-5-16-10/h10H,4-9H2,1-3H3,(H,13,14). The molecule has 5 heteroatoms. The van der Waals surface area contributed by atoms with Crippen molar-refractivity contribution in [1.82, 2.24) is 10.2 Å². The molecule has 1 saturated heterocycles. The van der Waals surface area contributed by atoms with E-state index >= 15 is 0 Å². The molecular weight excluding hydrogens is 234 g/mol.